The quantitative estimate of drug-likeness (QED) is 0.0262. The van der Waals surface area contributed by atoms with Gasteiger partial charge in [0.15, 0.2) is 6.29 Å². The van der Waals surface area contributed by atoms with Crippen molar-refractivity contribution in [1.82, 2.24) is 5.32 Å². The number of allylic oxidation sites excluding steroid dienone is 9. The number of unbranched alkanes of at least 4 members (excludes halogenated alkanes) is 24. The van der Waals surface area contributed by atoms with Gasteiger partial charge in [0.05, 0.1) is 25.4 Å². The number of carbonyl (C=O) groups is 1. The number of rotatable bonds is 42. The first-order chi connectivity index (χ1) is 30.3. The highest BCUT2D eigenvalue weighted by Crippen LogP contribution is 2.23. The lowest BCUT2D eigenvalue weighted by atomic mass is 9.99. The van der Waals surface area contributed by atoms with Gasteiger partial charge in [0.25, 0.3) is 0 Å². The Kier molecular flexibility index (Phi) is 40.0. The molecule has 0 spiro atoms. The van der Waals surface area contributed by atoms with Crippen LogP contribution in [0.5, 0.6) is 0 Å². The average molecular weight is 874 g/mol. The van der Waals surface area contributed by atoms with E-state index >= 15 is 0 Å². The Balaban J connectivity index is 2.28. The van der Waals surface area contributed by atoms with E-state index in [-0.39, 0.29) is 12.5 Å². The maximum absolute atomic E-state index is 12.9. The van der Waals surface area contributed by atoms with Crippen molar-refractivity contribution in [3.8, 4) is 0 Å². The third-order valence-electron chi connectivity index (χ3n) is 11.8. The Labute approximate surface area is 379 Å². The third kappa shape index (κ3) is 32.5. The molecule has 7 unspecified atom stereocenters. The normalized spacial score (nSPS) is 20.8. The minimum atomic E-state index is -1.58. The Morgan fingerprint density at radius 3 is 1.55 bits per heavy atom. The molecule has 1 saturated heterocycles. The monoisotopic (exact) mass is 874 g/mol. The van der Waals surface area contributed by atoms with Crippen LogP contribution in [0, 0.1) is 0 Å². The maximum Gasteiger partial charge on any atom is 0.220 e. The van der Waals surface area contributed by atoms with E-state index in [0.29, 0.717) is 12.8 Å². The molecule has 1 fully saturated rings. The molecule has 0 bridgehead atoms. The number of carbonyl (C=O) groups excluding carboxylic acids is 1. The molecule has 1 aliphatic heterocycles. The van der Waals surface area contributed by atoms with Gasteiger partial charge in [-0.2, -0.15) is 0 Å². The van der Waals surface area contributed by atoms with Crippen LogP contribution >= 0.6 is 0 Å². The Morgan fingerprint density at radius 2 is 1.02 bits per heavy atom. The molecular weight excluding hydrogens is 779 g/mol. The van der Waals surface area contributed by atoms with Crippen molar-refractivity contribution in [3.63, 3.8) is 0 Å². The lowest BCUT2D eigenvalue weighted by Crippen LogP contribution is -2.60. The Hall–Kier alpha value is -2.11. The highest BCUT2D eigenvalue weighted by Gasteiger charge is 2.44. The van der Waals surface area contributed by atoms with E-state index in [1.807, 2.05) is 6.08 Å². The second-order valence-corrected chi connectivity index (χ2v) is 17.6. The van der Waals surface area contributed by atoms with Crippen LogP contribution in [0.2, 0.25) is 0 Å². The van der Waals surface area contributed by atoms with Crippen molar-refractivity contribution < 1.29 is 39.8 Å². The molecule has 62 heavy (non-hydrogen) atoms. The van der Waals surface area contributed by atoms with E-state index in [2.05, 4.69) is 67.8 Å². The molecule has 7 atom stereocenters. The largest absolute Gasteiger partial charge is 0.394 e. The van der Waals surface area contributed by atoms with Gasteiger partial charge in [-0.3, -0.25) is 4.79 Å². The summed E-state index contributed by atoms with van der Waals surface area (Å²) in [7, 11) is 0. The lowest BCUT2D eigenvalue weighted by molar-refractivity contribution is -0.302. The standard InChI is InChI=1S/C53H95NO8/c1-3-5-7-9-11-13-15-17-18-19-20-21-22-23-24-25-26-27-28-29-31-32-34-36-38-40-42-47(56)46(45-61-53-52(60)51(59)50(58)48(44-55)62-53)54-49(57)43-41-39-37-35-33-30-16-14-12-10-8-6-4-2/h6,8,12,14,30,32-34,40,42,46-48,50-53,55-56,58-60H,3-5,7,9-11,13,15-29,31,35-39,41,43-45H2,1-2H3,(H,54,57)/b8-6-,14-12-,33-30-,34-32+,42-40+. The van der Waals surface area contributed by atoms with Gasteiger partial charge in [-0.25, -0.2) is 0 Å². The number of ether oxygens (including phenoxy) is 2. The fourth-order valence-corrected chi connectivity index (χ4v) is 7.77. The Morgan fingerprint density at radius 1 is 0.565 bits per heavy atom. The summed E-state index contributed by atoms with van der Waals surface area (Å²) in [6.07, 6.45) is 50.1. The molecule has 6 N–H and O–H groups in total. The highest BCUT2D eigenvalue weighted by atomic mass is 16.7. The summed E-state index contributed by atoms with van der Waals surface area (Å²) in [6.45, 7) is 3.63. The first-order valence-corrected chi connectivity index (χ1v) is 25.5. The summed E-state index contributed by atoms with van der Waals surface area (Å²) >= 11 is 0. The van der Waals surface area contributed by atoms with Crippen molar-refractivity contribution in [3.05, 3.63) is 60.8 Å². The molecule has 0 aliphatic carbocycles. The van der Waals surface area contributed by atoms with Gasteiger partial charge in [-0.15, -0.1) is 0 Å². The van der Waals surface area contributed by atoms with Gasteiger partial charge < -0.3 is 40.3 Å². The molecule has 1 aliphatic rings. The maximum atomic E-state index is 12.9. The topological polar surface area (TPSA) is 149 Å². The van der Waals surface area contributed by atoms with Gasteiger partial charge >= 0.3 is 0 Å². The van der Waals surface area contributed by atoms with Crippen molar-refractivity contribution in [2.45, 2.75) is 256 Å². The van der Waals surface area contributed by atoms with Crippen LogP contribution in [0.1, 0.15) is 213 Å². The molecule has 0 aromatic heterocycles. The van der Waals surface area contributed by atoms with E-state index in [9.17, 15) is 30.3 Å². The van der Waals surface area contributed by atoms with Gasteiger partial charge in [0, 0.05) is 6.42 Å². The van der Waals surface area contributed by atoms with Gasteiger partial charge in [-0.05, 0) is 64.2 Å². The Bertz CT molecular complexity index is 1150. The van der Waals surface area contributed by atoms with E-state index in [4.69, 9.17) is 9.47 Å². The molecule has 0 aromatic rings. The fraction of sp³-hybridized carbons (Fsp3) is 0.792. The number of hydrogen-bond acceptors (Lipinski definition) is 8. The zero-order chi connectivity index (χ0) is 45.1. The van der Waals surface area contributed by atoms with Crippen LogP contribution in [0.25, 0.3) is 0 Å². The smallest absolute Gasteiger partial charge is 0.220 e. The van der Waals surface area contributed by atoms with Gasteiger partial charge in [0.2, 0.25) is 5.91 Å². The summed E-state index contributed by atoms with van der Waals surface area (Å²) in [5.74, 6) is -0.217. The number of aliphatic hydroxyl groups excluding tert-OH is 5. The second kappa shape index (κ2) is 42.8. The second-order valence-electron chi connectivity index (χ2n) is 17.6. The first kappa shape index (κ1) is 57.9. The van der Waals surface area contributed by atoms with Crippen molar-refractivity contribution in [2.24, 2.45) is 0 Å². The van der Waals surface area contributed by atoms with E-state index in [1.165, 1.54) is 128 Å². The van der Waals surface area contributed by atoms with Crippen LogP contribution in [0.4, 0.5) is 0 Å². The fourth-order valence-electron chi connectivity index (χ4n) is 7.77. The molecule has 1 rings (SSSR count). The number of amides is 1. The minimum Gasteiger partial charge on any atom is -0.394 e. The zero-order valence-electron chi connectivity index (χ0n) is 39.6. The van der Waals surface area contributed by atoms with E-state index < -0.39 is 49.5 Å². The zero-order valence-corrected chi connectivity index (χ0v) is 39.6. The van der Waals surface area contributed by atoms with Crippen molar-refractivity contribution in [2.75, 3.05) is 13.2 Å². The van der Waals surface area contributed by atoms with Crippen LogP contribution in [-0.2, 0) is 14.3 Å². The summed E-state index contributed by atoms with van der Waals surface area (Å²) in [6, 6.07) is -0.839. The van der Waals surface area contributed by atoms with Crippen LogP contribution < -0.4 is 5.32 Å². The summed E-state index contributed by atoms with van der Waals surface area (Å²) in [5, 5.41) is 54.2. The predicted octanol–water partition coefficient (Wildman–Crippen LogP) is 11.6. The summed E-state index contributed by atoms with van der Waals surface area (Å²) in [5.41, 5.74) is 0. The molecule has 0 aromatic carbocycles. The molecule has 0 radical (unpaired) electrons. The molecule has 0 saturated carbocycles. The molecule has 360 valence electrons. The van der Waals surface area contributed by atoms with Crippen molar-refractivity contribution >= 4 is 5.91 Å². The number of nitrogens with one attached hydrogen (secondary N) is 1. The van der Waals surface area contributed by atoms with E-state index in [0.717, 1.165) is 57.8 Å². The van der Waals surface area contributed by atoms with Gasteiger partial charge in [0.1, 0.15) is 24.4 Å². The lowest BCUT2D eigenvalue weighted by Gasteiger charge is -2.40. The SMILES string of the molecule is CC/C=C\C/C=C\C/C=C\CCCCCC(=O)NC(COC1OC(CO)C(O)C(O)C1O)C(O)/C=C/CC/C=C/CCCCCCCCCCCCCCCCCCCCCC. The van der Waals surface area contributed by atoms with Crippen LogP contribution in [0.3, 0.4) is 0 Å². The molecule has 9 heteroatoms. The van der Waals surface area contributed by atoms with Crippen LogP contribution in [0.15, 0.2) is 60.8 Å². The summed E-state index contributed by atoms with van der Waals surface area (Å²) in [4.78, 5) is 12.9. The first-order valence-electron chi connectivity index (χ1n) is 25.5. The van der Waals surface area contributed by atoms with E-state index in [1.54, 1.807) is 6.08 Å². The average Bonchev–Trinajstić information content (AvgIpc) is 3.27. The minimum absolute atomic E-state index is 0.215. The summed E-state index contributed by atoms with van der Waals surface area (Å²) < 4.78 is 11.2. The molecule has 1 amide bonds. The van der Waals surface area contributed by atoms with Gasteiger partial charge in [-0.1, -0.05) is 203 Å². The number of aliphatic hydroxyl groups is 5. The number of hydrogen-bond donors (Lipinski definition) is 6. The van der Waals surface area contributed by atoms with Crippen LogP contribution in [-0.4, -0.2) is 87.5 Å². The van der Waals surface area contributed by atoms with Crippen molar-refractivity contribution in [1.29, 1.82) is 0 Å². The highest BCUT2D eigenvalue weighted by molar-refractivity contribution is 5.76. The molecule has 1 heterocycles. The molecular formula is C53H95NO8. The third-order valence-corrected chi connectivity index (χ3v) is 11.8. The molecule has 9 nitrogen and oxygen atoms in total. The predicted molar refractivity (Wildman–Crippen MR) is 258 cm³/mol.